The monoisotopic (exact) mass is 245 g/mol. The molecule has 0 atom stereocenters. The Labute approximate surface area is 99.6 Å². The van der Waals surface area contributed by atoms with Crippen molar-refractivity contribution in [2.75, 3.05) is 0 Å². The van der Waals surface area contributed by atoms with Gasteiger partial charge in [-0.05, 0) is 31.5 Å². The molecular formula is C11H13Cl2NO. The van der Waals surface area contributed by atoms with E-state index in [1.165, 1.54) is 0 Å². The lowest BCUT2D eigenvalue weighted by molar-refractivity contribution is -0.120. The van der Waals surface area contributed by atoms with Crippen LogP contribution in [0.3, 0.4) is 0 Å². The summed E-state index contributed by atoms with van der Waals surface area (Å²) in [4.78, 5) is 11.5. The van der Waals surface area contributed by atoms with E-state index in [0.717, 1.165) is 0 Å². The summed E-state index contributed by atoms with van der Waals surface area (Å²) in [5.41, 5.74) is 0.680. The Morgan fingerprint density at radius 1 is 1.33 bits per heavy atom. The molecule has 1 aromatic rings. The van der Waals surface area contributed by atoms with Gasteiger partial charge in [0.25, 0.3) is 0 Å². The number of hydrogen-bond donors (Lipinski definition) is 1. The van der Waals surface area contributed by atoms with E-state index in [9.17, 15) is 4.79 Å². The fraction of sp³-hybridized carbons (Fsp3) is 0.364. The normalized spacial score (nSPS) is 10.5. The lowest BCUT2D eigenvalue weighted by Crippen LogP contribution is -2.31. The van der Waals surface area contributed by atoms with Crippen molar-refractivity contribution in [1.82, 2.24) is 5.32 Å². The quantitative estimate of drug-likeness (QED) is 0.872. The van der Waals surface area contributed by atoms with E-state index in [-0.39, 0.29) is 18.4 Å². The molecule has 4 heteroatoms. The predicted octanol–water partition coefficient (Wildman–Crippen LogP) is 3.06. The third-order valence-electron chi connectivity index (χ3n) is 1.85. The smallest absolute Gasteiger partial charge is 0.224 e. The van der Waals surface area contributed by atoms with Gasteiger partial charge in [-0.1, -0.05) is 29.3 Å². The van der Waals surface area contributed by atoms with Gasteiger partial charge in [0.05, 0.1) is 6.42 Å². The number of carbonyl (C=O) groups excluding carboxylic acids is 1. The second-order valence-corrected chi connectivity index (χ2v) is 4.41. The number of benzene rings is 1. The molecule has 0 spiro atoms. The fourth-order valence-electron chi connectivity index (χ4n) is 1.23. The SMILES string of the molecule is CC(C)NC(=O)Cc1c(Cl)cccc1Cl. The fourth-order valence-corrected chi connectivity index (χ4v) is 1.77. The first-order valence-electron chi connectivity index (χ1n) is 4.73. The van der Waals surface area contributed by atoms with Crippen LogP contribution in [0.15, 0.2) is 18.2 Å². The van der Waals surface area contributed by atoms with Crippen molar-refractivity contribution in [2.45, 2.75) is 26.3 Å². The number of hydrogen-bond acceptors (Lipinski definition) is 1. The highest BCUT2D eigenvalue weighted by Gasteiger charge is 2.10. The van der Waals surface area contributed by atoms with Gasteiger partial charge >= 0.3 is 0 Å². The van der Waals surface area contributed by atoms with Crippen molar-refractivity contribution in [3.63, 3.8) is 0 Å². The maximum atomic E-state index is 11.5. The molecule has 0 unspecified atom stereocenters. The van der Waals surface area contributed by atoms with Gasteiger partial charge < -0.3 is 5.32 Å². The standard InChI is InChI=1S/C11H13Cl2NO/c1-7(2)14-11(15)6-8-9(12)4-3-5-10(8)13/h3-5,7H,6H2,1-2H3,(H,14,15). The first-order valence-corrected chi connectivity index (χ1v) is 5.48. The van der Waals surface area contributed by atoms with Crippen molar-refractivity contribution in [2.24, 2.45) is 0 Å². The number of nitrogens with one attached hydrogen (secondary N) is 1. The predicted molar refractivity (Wildman–Crippen MR) is 63.4 cm³/mol. The zero-order valence-corrected chi connectivity index (χ0v) is 10.2. The molecule has 0 aromatic heterocycles. The number of amides is 1. The summed E-state index contributed by atoms with van der Waals surface area (Å²) in [7, 11) is 0. The van der Waals surface area contributed by atoms with Crippen LogP contribution >= 0.6 is 23.2 Å². The van der Waals surface area contributed by atoms with Gasteiger partial charge in [-0.2, -0.15) is 0 Å². The summed E-state index contributed by atoms with van der Waals surface area (Å²) < 4.78 is 0. The molecular weight excluding hydrogens is 233 g/mol. The summed E-state index contributed by atoms with van der Waals surface area (Å²) in [6.45, 7) is 3.82. The van der Waals surface area contributed by atoms with Gasteiger partial charge in [-0.25, -0.2) is 0 Å². The van der Waals surface area contributed by atoms with Crippen molar-refractivity contribution >= 4 is 29.1 Å². The minimum atomic E-state index is -0.0694. The van der Waals surface area contributed by atoms with E-state index in [4.69, 9.17) is 23.2 Å². The number of carbonyl (C=O) groups is 1. The lowest BCUT2D eigenvalue weighted by Gasteiger charge is -2.10. The highest BCUT2D eigenvalue weighted by molar-refractivity contribution is 6.36. The third kappa shape index (κ3) is 3.73. The Hall–Kier alpha value is -0.730. The molecule has 0 aliphatic carbocycles. The van der Waals surface area contributed by atoms with E-state index < -0.39 is 0 Å². The average molecular weight is 246 g/mol. The van der Waals surface area contributed by atoms with Gasteiger partial charge in [-0.3, -0.25) is 4.79 Å². The Balaban J connectivity index is 2.76. The van der Waals surface area contributed by atoms with Crippen LogP contribution in [0, 0.1) is 0 Å². The summed E-state index contributed by atoms with van der Waals surface area (Å²) in [6, 6.07) is 5.34. The summed E-state index contributed by atoms with van der Waals surface area (Å²) >= 11 is 11.9. The molecule has 2 nitrogen and oxygen atoms in total. The zero-order chi connectivity index (χ0) is 11.4. The van der Waals surface area contributed by atoms with Gasteiger partial charge in [0.1, 0.15) is 0 Å². The minimum absolute atomic E-state index is 0.0694. The number of rotatable bonds is 3. The second-order valence-electron chi connectivity index (χ2n) is 3.60. The zero-order valence-electron chi connectivity index (χ0n) is 8.68. The van der Waals surface area contributed by atoms with E-state index in [1.807, 2.05) is 13.8 Å². The molecule has 15 heavy (non-hydrogen) atoms. The molecule has 0 aliphatic heterocycles. The van der Waals surface area contributed by atoms with Crippen LogP contribution in [-0.2, 0) is 11.2 Å². The maximum Gasteiger partial charge on any atom is 0.224 e. The van der Waals surface area contributed by atoms with Crippen LogP contribution in [0.25, 0.3) is 0 Å². The van der Waals surface area contributed by atoms with Gasteiger partial charge in [-0.15, -0.1) is 0 Å². The van der Waals surface area contributed by atoms with Crippen molar-refractivity contribution in [3.05, 3.63) is 33.8 Å². The molecule has 1 N–H and O–H groups in total. The molecule has 0 radical (unpaired) electrons. The molecule has 0 saturated heterocycles. The van der Waals surface area contributed by atoms with E-state index in [2.05, 4.69) is 5.32 Å². The van der Waals surface area contributed by atoms with Crippen molar-refractivity contribution in [1.29, 1.82) is 0 Å². The van der Waals surface area contributed by atoms with E-state index in [1.54, 1.807) is 18.2 Å². The summed E-state index contributed by atoms with van der Waals surface area (Å²) in [5, 5.41) is 3.85. The Morgan fingerprint density at radius 3 is 2.33 bits per heavy atom. The summed E-state index contributed by atoms with van der Waals surface area (Å²) in [6.07, 6.45) is 0.219. The molecule has 0 bridgehead atoms. The Morgan fingerprint density at radius 2 is 1.87 bits per heavy atom. The Kier molecular flexibility index (Phi) is 4.43. The molecule has 0 heterocycles. The molecule has 0 fully saturated rings. The lowest BCUT2D eigenvalue weighted by atomic mass is 10.1. The minimum Gasteiger partial charge on any atom is -0.354 e. The van der Waals surface area contributed by atoms with Gasteiger partial charge in [0.2, 0.25) is 5.91 Å². The van der Waals surface area contributed by atoms with Gasteiger partial charge in [0, 0.05) is 16.1 Å². The molecule has 1 amide bonds. The first-order chi connectivity index (χ1) is 7.00. The Bertz CT molecular complexity index is 343. The van der Waals surface area contributed by atoms with Crippen LogP contribution in [0.2, 0.25) is 10.0 Å². The molecule has 82 valence electrons. The molecule has 0 aliphatic rings. The topological polar surface area (TPSA) is 29.1 Å². The first kappa shape index (κ1) is 12.3. The third-order valence-corrected chi connectivity index (χ3v) is 2.56. The average Bonchev–Trinajstić information content (AvgIpc) is 2.10. The van der Waals surface area contributed by atoms with Crippen LogP contribution in [-0.4, -0.2) is 11.9 Å². The second kappa shape index (κ2) is 5.38. The molecule has 1 aromatic carbocycles. The van der Waals surface area contributed by atoms with Crippen LogP contribution in [0.5, 0.6) is 0 Å². The largest absolute Gasteiger partial charge is 0.354 e. The van der Waals surface area contributed by atoms with Crippen LogP contribution < -0.4 is 5.32 Å². The number of halogens is 2. The highest BCUT2D eigenvalue weighted by atomic mass is 35.5. The van der Waals surface area contributed by atoms with Crippen molar-refractivity contribution in [3.8, 4) is 0 Å². The molecule has 0 saturated carbocycles. The molecule has 1 rings (SSSR count). The van der Waals surface area contributed by atoms with Crippen LogP contribution in [0.1, 0.15) is 19.4 Å². The van der Waals surface area contributed by atoms with E-state index >= 15 is 0 Å². The highest BCUT2D eigenvalue weighted by Crippen LogP contribution is 2.24. The van der Waals surface area contributed by atoms with Gasteiger partial charge in [0.15, 0.2) is 0 Å². The summed E-state index contributed by atoms with van der Waals surface area (Å²) in [5.74, 6) is -0.0694. The maximum absolute atomic E-state index is 11.5. The van der Waals surface area contributed by atoms with Crippen LogP contribution in [0.4, 0.5) is 0 Å². The van der Waals surface area contributed by atoms with Crippen molar-refractivity contribution < 1.29 is 4.79 Å². The van der Waals surface area contributed by atoms with E-state index in [0.29, 0.717) is 15.6 Å².